The molecule has 1 amide bonds. The lowest BCUT2D eigenvalue weighted by Gasteiger charge is -2.14. The van der Waals surface area contributed by atoms with E-state index >= 15 is 0 Å². The van der Waals surface area contributed by atoms with Crippen LogP contribution < -0.4 is 5.32 Å². The third-order valence-corrected chi connectivity index (χ3v) is 6.90. The number of amidine groups is 1. The number of halogens is 1. The van der Waals surface area contributed by atoms with Gasteiger partial charge >= 0.3 is 5.97 Å². The third-order valence-electron chi connectivity index (χ3n) is 5.64. The van der Waals surface area contributed by atoms with Crippen LogP contribution in [0.3, 0.4) is 0 Å². The number of hydrogen-bond acceptors (Lipinski definition) is 7. The van der Waals surface area contributed by atoms with Crippen LogP contribution in [0.4, 0.5) is 11.4 Å². The van der Waals surface area contributed by atoms with Gasteiger partial charge in [0, 0.05) is 6.07 Å². The number of carbonyl (C=O) groups excluding carboxylic acids is 1. The molecule has 2 unspecified atom stereocenters. The first-order valence-electron chi connectivity index (χ1n) is 10.4. The summed E-state index contributed by atoms with van der Waals surface area (Å²) in [7, 11) is 0. The largest absolute Gasteiger partial charge is 0.478 e. The van der Waals surface area contributed by atoms with Crippen LogP contribution in [-0.2, 0) is 9.53 Å². The van der Waals surface area contributed by atoms with Crippen molar-refractivity contribution in [2.24, 2.45) is 4.99 Å². The number of carboxylic acid groups (broad SMARTS) is 1. The minimum atomic E-state index is -1.17. The molecule has 2 fully saturated rings. The molecule has 11 heteroatoms. The number of nitrogens with one attached hydrogen (secondary N) is 1. The summed E-state index contributed by atoms with van der Waals surface area (Å²) in [5.74, 6) is -1.52. The van der Waals surface area contributed by atoms with Crippen LogP contribution in [-0.4, -0.2) is 33.2 Å². The zero-order valence-corrected chi connectivity index (χ0v) is 19.8. The summed E-state index contributed by atoms with van der Waals surface area (Å²) in [4.78, 5) is 39.5. The number of hydrogen-bond donors (Lipinski definition) is 2. The molecule has 4 rings (SSSR count). The molecule has 0 saturated carbocycles. The zero-order valence-electron chi connectivity index (χ0n) is 18.2. The van der Waals surface area contributed by atoms with Crippen LogP contribution in [0.1, 0.15) is 46.0 Å². The number of aromatic carboxylic acids is 1. The van der Waals surface area contributed by atoms with Gasteiger partial charge in [0.1, 0.15) is 0 Å². The molecular formula is C23H20ClN3O6S. The van der Waals surface area contributed by atoms with Gasteiger partial charge in [-0.05, 0) is 79.9 Å². The molecule has 2 saturated heterocycles. The van der Waals surface area contributed by atoms with E-state index in [0.29, 0.717) is 34.2 Å². The Morgan fingerprint density at radius 3 is 2.74 bits per heavy atom. The number of aryl methyl sites for hydroxylation is 2. The molecule has 2 aliphatic rings. The van der Waals surface area contributed by atoms with Crippen LogP contribution in [0.5, 0.6) is 0 Å². The Bertz CT molecular complexity index is 1280. The van der Waals surface area contributed by atoms with Crippen molar-refractivity contribution in [3.8, 4) is 0 Å². The summed E-state index contributed by atoms with van der Waals surface area (Å²) in [5, 5.41) is 23.8. The second-order valence-corrected chi connectivity index (χ2v) is 9.40. The van der Waals surface area contributed by atoms with Crippen molar-refractivity contribution < 1.29 is 24.4 Å². The third kappa shape index (κ3) is 4.98. The highest BCUT2D eigenvalue weighted by Crippen LogP contribution is 2.40. The van der Waals surface area contributed by atoms with E-state index in [1.807, 2.05) is 13.8 Å². The van der Waals surface area contributed by atoms with Crippen molar-refractivity contribution in [3.05, 3.63) is 78.7 Å². The van der Waals surface area contributed by atoms with Crippen molar-refractivity contribution in [2.75, 3.05) is 0 Å². The molecule has 2 aromatic rings. The predicted molar refractivity (Wildman–Crippen MR) is 129 cm³/mol. The quantitative estimate of drug-likeness (QED) is 0.326. The topological polar surface area (TPSA) is 131 Å². The van der Waals surface area contributed by atoms with Gasteiger partial charge in [0.15, 0.2) is 5.17 Å². The van der Waals surface area contributed by atoms with Crippen molar-refractivity contribution in [1.29, 1.82) is 0 Å². The van der Waals surface area contributed by atoms with Gasteiger partial charge < -0.3 is 15.2 Å². The maximum Gasteiger partial charge on any atom is 0.337 e. The van der Waals surface area contributed by atoms with Gasteiger partial charge in [-0.1, -0.05) is 11.6 Å². The van der Waals surface area contributed by atoms with E-state index in [2.05, 4.69) is 10.3 Å². The average molecular weight is 502 g/mol. The Morgan fingerprint density at radius 1 is 1.29 bits per heavy atom. The van der Waals surface area contributed by atoms with Gasteiger partial charge in [-0.2, -0.15) is 0 Å². The molecule has 2 atom stereocenters. The fourth-order valence-electron chi connectivity index (χ4n) is 3.78. The Hall–Kier alpha value is -3.21. The molecule has 2 aliphatic heterocycles. The molecule has 0 radical (unpaired) electrons. The van der Waals surface area contributed by atoms with Gasteiger partial charge in [0.2, 0.25) is 0 Å². The highest BCUT2D eigenvalue weighted by Gasteiger charge is 2.33. The van der Waals surface area contributed by atoms with E-state index in [0.717, 1.165) is 22.9 Å². The molecule has 176 valence electrons. The lowest BCUT2D eigenvalue weighted by atomic mass is 9.98. The van der Waals surface area contributed by atoms with E-state index in [-0.39, 0.29) is 28.3 Å². The smallest absolute Gasteiger partial charge is 0.337 e. The molecule has 34 heavy (non-hydrogen) atoms. The van der Waals surface area contributed by atoms with Crippen LogP contribution in [0.15, 0.2) is 46.3 Å². The van der Waals surface area contributed by atoms with Gasteiger partial charge in [0.25, 0.3) is 11.6 Å². The molecule has 0 bridgehead atoms. The zero-order chi connectivity index (χ0) is 24.6. The number of rotatable bonds is 5. The summed E-state index contributed by atoms with van der Waals surface area (Å²) < 4.78 is 6.06. The molecule has 0 aliphatic carbocycles. The standard InChI is InChI=1S/C23H20ClN3O6S/c1-11-7-16(18(27(31)32)8-12(11)2)19-6-4-14(33-19)10-20-21(28)26-23(34-20)25-13-3-5-17(24)15(9-13)22(29)30/h3,5,7-10,14,19H,4,6H2,1-2H3,(H,29,30)(H,25,26,28)/b20-10-. The van der Waals surface area contributed by atoms with E-state index in [4.69, 9.17) is 16.3 Å². The normalized spacial score (nSPS) is 22.4. The summed E-state index contributed by atoms with van der Waals surface area (Å²) in [6.45, 7) is 3.73. The molecule has 2 aromatic carbocycles. The maximum atomic E-state index is 12.4. The fraction of sp³-hybridized carbons (Fsp3) is 0.261. The maximum absolute atomic E-state index is 12.4. The minimum Gasteiger partial charge on any atom is -0.478 e. The minimum absolute atomic E-state index is 0.0347. The monoisotopic (exact) mass is 501 g/mol. The molecular weight excluding hydrogens is 482 g/mol. The summed E-state index contributed by atoms with van der Waals surface area (Å²) >= 11 is 6.99. The van der Waals surface area contributed by atoms with E-state index < -0.39 is 17.0 Å². The second kappa shape index (κ2) is 9.57. The first-order chi connectivity index (χ1) is 16.1. The van der Waals surface area contributed by atoms with Crippen LogP contribution in [0, 0.1) is 24.0 Å². The summed E-state index contributed by atoms with van der Waals surface area (Å²) in [5.41, 5.74) is 2.62. The molecule has 9 nitrogen and oxygen atoms in total. The lowest BCUT2D eigenvalue weighted by Crippen LogP contribution is -2.20. The van der Waals surface area contributed by atoms with Crippen LogP contribution in [0.2, 0.25) is 5.02 Å². The highest BCUT2D eigenvalue weighted by atomic mass is 35.5. The number of nitro benzene ring substituents is 1. The van der Waals surface area contributed by atoms with Crippen molar-refractivity contribution in [2.45, 2.75) is 38.9 Å². The van der Waals surface area contributed by atoms with Crippen LogP contribution in [0.25, 0.3) is 0 Å². The van der Waals surface area contributed by atoms with Gasteiger partial charge in [-0.15, -0.1) is 0 Å². The Labute approximate surface area is 204 Å². The summed E-state index contributed by atoms with van der Waals surface area (Å²) in [6.07, 6.45) is 2.08. The number of benzene rings is 2. The number of aliphatic imine (C=N–C) groups is 1. The summed E-state index contributed by atoms with van der Waals surface area (Å²) in [6, 6.07) is 7.67. The van der Waals surface area contributed by atoms with Crippen molar-refractivity contribution >= 4 is 51.8 Å². The fourth-order valence-corrected chi connectivity index (χ4v) is 4.85. The highest BCUT2D eigenvalue weighted by molar-refractivity contribution is 8.18. The molecule has 0 spiro atoms. The number of amides is 1. The second-order valence-electron chi connectivity index (χ2n) is 7.97. The lowest BCUT2D eigenvalue weighted by molar-refractivity contribution is -0.386. The first kappa shape index (κ1) is 23.9. The Balaban J connectivity index is 1.50. The number of nitrogens with zero attached hydrogens (tertiary/aromatic N) is 2. The Kier molecular flexibility index (Phi) is 6.74. The van der Waals surface area contributed by atoms with Crippen LogP contribution >= 0.6 is 23.4 Å². The molecule has 2 N–H and O–H groups in total. The number of nitro groups is 1. The van der Waals surface area contributed by atoms with E-state index in [9.17, 15) is 24.8 Å². The van der Waals surface area contributed by atoms with Gasteiger partial charge in [0.05, 0.1) is 43.9 Å². The SMILES string of the molecule is Cc1cc(C2CCC(/C=C3\S/C(=N\c4ccc(Cl)c(C(=O)O)c4)NC3=O)O2)c([N+](=O)[O-])cc1C. The number of thioether (sulfide) groups is 1. The number of carboxylic acids is 1. The van der Waals surface area contributed by atoms with E-state index in [1.54, 1.807) is 24.3 Å². The van der Waals surface area contributed by atoms with Crippen molar-refractivity contribution in [3.63, 3.8) is 0 Å². The Morgan fingerprint density at radius 2 is 2.03 bits per heavy atom. The average Bonchev–Trinajstić information content (AvgIpc) is 3.37. The number of carbonyl (C=O) groups is 2. The van der Waals surface area contributed by atoms with Gasteiger partial charge in [-0.25, -0.2) is 9.79 Å². The first-order valence-corrected chi connectivity index (χ1v) is 11.6. The molecule has 0 aromatic heterocycles. The van der Waals surface area contributed by atoms with Crippen molar-refractivity contribution in [1.82, 2.24) is 5.32 Å². The predicted octanol–water partition coefficient (Wildman–Crippen LogP) is 5.22. The van der Waals surface area contributed by atoms with E-state index in [1.165, 1.54) is 12.1 Å². The number of ether oxygens (including phenoxy) is 1. The molecule has 2 heterocycles. The van der Waals surface area contributed by atoms with Gasteiger partial charge in [-0.3, -0.25) is 14.9 Å².